The number of amides is 1. The fourth-order valence-electron chi connectivity index (χ4n) is 3.33. The molecule has 1 amide bonds. The first kappa shape index (κ1) is 25.3. The molecule has 0 unspecified atom stereocenters. The van der Waals surface area contributed by atoms with Gasteiger partial charge in [-0.05, 0) is 51.7 Å². The number of aliphatic imine (C=N–C) groups is 1. The lowest BCUT2D eigenvalue weighted by atomic mass is 10.1. The molecule has 1 aliphatic rings. The van der Waals surface area contributed by atoms with Gasteiger partial charge in [0.05, 0.1) is 13.7 Å². The lowest BCUT2D eigenvalue weighted by Gasteiger charge is -2.32. The summed E-state index contributed by atoms with van der Waals surface area (Å²) in [7, 11) is 1.70. The fraction of sp³-hybridized carbons (Fsp3) is 0.619. The first-order valence-electron chi connectivity index (χ1n) is 10.2. The van der Waals surface area contributed by atoms with Gasteiger partial charge in [0.25, 0.3) is 0 Å². The lowest BCUT2D eigenvalue weighted by molar-refractivity contribution is 0.0963. The number of hydrogen-bond donors (Lipinski definition) is 2. The maximum absolute atomic E-state index is 11.8. The van der Waals surface area contributed by atoms with E-state index in [1.54, 1.807) is 12.0 Å². The summed E-state index contributed by atoms with van der Waals surface area (Å²) in [6.07, 6.45) is 2.38. The average molecular weight is 518 g/mol. The average Bonchev–Trinajstić information content (AvgIpc) is 2.69. The molecule has 0 atom stereocenters. The third-order valence-electron chi connectivity index (χ3n) is 4.79. The van der Waals surface area contributed by atoms with Crippen molar-refractivity contribution in [2.45, 2.75) is 46.1 Å². The summed E-state index contributed by atoms with van der Waals surface area (Å²) in [4.78, 5) is 18.3. The molecule has 0 aromatic heterocycles. The van der Waals surface area contributed by atoms with Gasteiger partial charge in [0.15, 0.2) is 5.96 Å². The van der Waals surface area contributed by atoms with Crippen molar-refractivity contribution in [3.05, 3.63) is 29.3 Å². The summed E-state index contributed by atoms with van der Waals surface area (Å²) in [5.41, 5.74) is 2.39. The Morgan fingerprint density at radius 2 is 2.00 bits per heavy atom. The molecular formula is C21H35IN4O3. The van der Waals surface area contributed by atoms with Crippen LogP contribution in [0.5, 0.6) is 5.75 Å². The quantitative estimate of drug-likeness (QED) is 0.329. The number of nitrogens with one attached hydrogen (secondary N) is 2. The molecule has 2 N–H and O–H groups in total. The number of piperidine rings is 1. The second kappa shape index (κ2) is 13.5. The molecule has 1 aliphatic heterocycles. The number of likely N-dealkylation sites (tertiary alicyclic amines) is 1. The zero-order chi connectivity index (χ0) is 20.4. The van der Waals surface area contributed by atoms with Gasteiger partial charge in [-0.15, -0.1) is 24.0 Å². The van der Waals surface area contributed by atoms with Crippen molar-refractivity contribution in [3.8, 4) is 5.75 Å². The molecule has 8 heteroatoms. The van der Waals surface area contributed by atoms with E-state index in [2.05, 4.69) is 36.6 Å². The smallest absolute Gasteiger partial charge is 0.409 e. The van der Waals surface area contributed by atoms with Crippen LogP contribution in [0.15, 0.2) is 23.2 Å². The fourth-order valence-corrected chi connectivity index (χ4v) is 3.33. The van der Waals surface area contributed by atoms with E-state index in [1.807, 2.05) is 13.0 Å². The van der Waals surface area contributed by atoms with E-state index in [0.29, 0.717) is 32.3 Å². The Hall–Kier alpha value is -1.71. The standard InChI is InChI=1S/C21H34N4O3.HI/c1-5-22-20(23-12-9-17-15-16(3)7-8-19(17)27-4)24-18-10-13-25(14-11-18)21(26)28-6-2;/h7-8,15,18H,5-6,9-14H2,1-4H3,(H2,22,23,24);1H. The monoisotopic (exact) mass is 518 g/mol. The van der Waals surface area contributed by atoms with E-state index in [9.17, 15) is 4.79 Å². The number of benzene rings is 1. The van der Waals surface area contributed by atoms with Crippen molar-refractivity contribution in [1.29, 1.82) is 0 Å². The molecule has 29 heavy (non-hydrogen) atoms. The van der Waals surface area contributed by atoms with E-state index in [4.69, 9.17) is 14.5 Å². The third-order valence-corrected chi connectivity index (χ3v) is 4.79. The number of methoxy groups -OCH3 is 1. The van der Waals surface area contributed by atoms with Gasteiger partial charge in [-0.3, -0.25) is 4.99 Å². The van der Waals surface area contributed by atoms with Gasteiger partial charge in [-0.25, -0.2) is 4.79 Å². The van der Waals surface area contributed by atoms with Crippen molar-refractivity contribution < 1.29 is 14.3 Å². The molecule has 0 aliphatic carbocycles. The van der Waals surface area contributed by atoms with Crippen LogP contribution in [0.4, 0.5) is 4.79 Å². The van der Waals surface area contributed by atoms with Gasteiger partial charge in [-0.2, -0.15) is 0 Å². The maximum Gasteiger partial charge on any atom is 0.409 e. The van der Waals surface area contributed by atoms with Crippen LogP contribution in [-0.2, 0) is 11.2 Å². The van der Waals surface area contributed by atoms with Crippen molar-refractivity contribution in [1.82, 2.24) is 15.5 Å². The Balaban J connectivity index is 0.00000420. The summed E-state index contributed by atoms with van der Waals surface area (Å²) < 4.78 is 10.5. The van der Waals surface area contributed by atoms with Gasteiger partial charge in [0.2, 0.25) is 0 Å². The van der Waals surface area contributed by atoms with E-state index in [0.717, 1.165) is 37.5 Å². The zero-order valence-corrected chi connectivity index (χ0v) is 20.3. The summed E-state index contributed by atoms with van der Waals surface area (Å²) in [5, 5.41) is 6.82. The molecule has 1 fully saturated rings. The SMILES string of the molecule is CCNC(=NCCc1cc(C)ccc1OC)NC1CCN(C(=O)OCC)CC1.I. The van der Waals surface area contributed by atoms with Crippen LogP contribution in [0.25, 0.3) is 0 Å². The highest BCUT2D eigenvalue weighted by atomic mass is 127. The van der Waals surface area contributed by atoms with Crippen molar-refractivity contribution in [3.63, 3.8) is 0 Å². The topological polar surface area (TPSA) is 75.2 Å². The Labute approximate surface area is 191 Å². The zero-order valence-electron chi connectivity index (χ0n) is 18.0. The summed E-state index contributed by atoms with van der Waals surface area (Å²) in [5.74, 6) is 1.73. The van der Waals surface area contributed by atoms with Gasteiger partial charge < -0.3 is 25.0 Å². The second-order valence-electron chi connectivity index (χ2n) is 6.93. The number of guanidine groups is 1. The molecular weight excluding hydrogens is 483 g/mol. The Morgan fingerprint density at radius 1 is 1.28 bits per heavy atom. The third kappa shape index (κ3) is 8.28. The highest BCUT2D eigenvalue weighted by Gasteiger charge is 2.24. The Kier molecular flexibility index (Phi) is 11.8. The summed E-state index contributed by atoms with van der Waals surface area (Å²) in [6.45, 7) is 9.28. The number of hydrogen-bond acceptors (Lipinski definition) is 4. The van der Waals surface area contributed by atoms with Crippen LogP contribution < -0.4 is 15.4 Å². The molecule has 1 aromatic carbocycles. The first-order chi connectivity index (χ1) is 13.6. The summed E-state index contributed by atoms with van der Waals surface area (Å²) in [6, 6.07) is 6.52. The number of carbonyl (C=O) groups excluding carboxylic acids is 1. The molecule has 1 aromatic rings. The maximum atomic E-state index is 11.8. The molecule has 0 saturated carbocycles. The number of carbonyl (C=O) groups is 1. The van der Waals surface area contributed by atoms with Crippen LogP contribution in [0, 0.1) is 6.92 Å². The first-order valence-corrected chi connectivity index (χ1v) is 10.2. The number of ether oxygens (including phenoxy) is 2. The van der Waals surface area contributed by atoms with Crippen molar-refractivity contribution >= 4 is 36.0 Å². The van der Waals surface area contributed by atoms with Gasteiger partial charge in [0, 0.05) is 32.2 Å². The van der Waals surface area contributed by atoms with Crippen molar-refractivity contribution in [2.75, 3.05) is 39.9 Å². The largest absolute Gasteiger partial charge is 0.496 e. The molecule has 0 spiro atoms. The van der Waals surface area contributed by atoms with Crippen molar-refractivity contribution in [2.24, 2.45) is 4.99 Å². The summed E-state index contributed by atoms with van der Waals surface area (Å²) >= 11 is 0. The van der Waals surface area contributed by atoms with E-state index < -0.39 is 0 Å². The molecule has 0 bridgehead atoms. The van der Waals surface area contributed by atoms with E-state index in [1.165, 1.54) is 11.1 Å². The number of nitrogens with zero attached hydrogens (tertiary/aromatic N) is 2. The van der Waals surface area contributed by atoms with Crippen LogP contribution in [0.2, 0.25) is 0 Å². The Morgan fingerprint density at radius 3 is 2.62 bits per heavy atom. The molecule has 0 radical (unpaired) electrons. The van der Waals surface area contributed by atoms with Gasteiger partial charge in [-0.1, -0.05) is 17.7 Å². The highest BCUT2D eigenvalue weighted by Crippen LogP contribution is 2.20. The van der Waals surface area contributed by atoms with Gasteiger partial charge >= 0.3 is 6.09 Å². The molecule has 164 valence electrons. The van der Waals surface area contributed by atoms with Crippen LogP contribution in [0.3, 0.4) is 0 Å². The lowest BCUT2D eigenvalue weighted by Crippen LogP contribution is -2.50. The molecule has 1 saturated heterocycles. The Bertz CT molecular complexity index is 661. The minimum atomic E-state index is -0.214. The molecule has 7 nitrogen and oxygen atoms in total. The number of rotatable bonds is 7. The van der Waals surface area contributed by atoms with E-state index >= 15 is 0 Å². The van der Waals surface area contributed by atoms with E-state index in [-0.39, 0.29) is 30.1 Å². The predicted molar refractivity (Wildman–Crippen MR) is 128 cm³/mol. The molecule has 1 heterocycles. The predicted octanol–water partition coefficient (Wildman–Crippen LogP) is 3.34. The van der Waals surface area contributed by atoms with Crippen LogP contribution in [-0.4, -0.2) is 62.9 Å². The second-order valence-corrected chi connectivity index (χ2v) is 6.93. The van der Waals surface area contributed by atoms with Gasteiger partial charge in [0.1, 0.15) is 5.75 Å². The van der Waals surface area contributed by atoms with Crippen LogP contribution >= 0.6 is 24.0 Å². The minimum absolute atomic E-state index is 0. The molecule has 2 rings (SSSR count). The normalized spacial score (nSPS) is 14.8. The number of halogens is 1. The van der Waals surface area contributed by atoms with Crippen LogP contribution in [0.1, 0.15) is 37.8 Å². The number of aryl methyl sites for hydroxylation is 1. The minimum Gasteiger partial charge on any atom is -0.496 e. The highest BCUT2D eigenvalue weighted by molar-refractivity contribution is 14.0.